The molecule has 2 saturated carbocycles. The minimum Gasteiger partial charge on any atom is -0.484 e. The Bertz CT molecular complexity index is 576. The molecule has 124 valence electrons. The van der Waals surface area contributed by atoms with Gasteiger partial charge >= 0.3 is 0 Å². The van der Waals surface area contributed by atoms with E-state index in [0.29, 0.717) is 24.0 Å². The first-order valence-electron chi connectivity index (χ1n) is 8.06. The van der Waals surface area contributed by atoms with Crippen LogP contribution in [-0.2, 0) is 9.59 Å². The SMILES string of the molecule is O=C(COc1ccc(F)cc1)NNC(=O)C[C@@H]1C[C@H]2CC[C@@H]1C2. The Hall–Kier alpha value is -2.11. The van der Waals surface area contributed by atoms with Gasteiger partial charge in [0.05, 0.1) is 0 Å². The Labute approximate surface area is 134 Å². The molecule has 2 N–H and O–H groups in total. The van der Waals surface area contributed by atoms with E-state index >= 15 is 0 Å². The first-order chi connectivity index (χ1) is 11.1. The van der Waals surface area contributed by atoms with Crippen LogP contribution in [0.3, 0.4) is 0 Å². The van der Waals surface area contributed by atoms with Gasteiger partial charge in [0.1, 0.15) is 11.6 Å². The molecule has 2 fully saturated rings. The van der Waals surface area contributed by atoms with Crippen LogP contribution in [0.1, 0.15) is 32.1 Å². The number of fused-ring (bicyclic) bond motifs is 2. The van der Waals surface area contributed by atoms with E-state index in [9.17, 15) is 14.0 Å². The summed E-state index contributed by atoms with van der Waals surface area (Å²) >= 11 is 0. The quantitative estimate of drug-likeness (QED) is 0.817. The highest BCUT2D eigenvalue weighted by Gasteiger charge is 2.40. The fourth-order valence-corrected chi connectivity index (χ4v) is 3.77. The van der Waals surface area contributed by atoms with Gasteiger partial charge in [-0.25, -0.2) is 4.39 Å². The first kappa shape index (κ1) is 15.8. The molecule has 0 radical (unpaired) electrons. The van der Waals surface area contributed by atoms with Gasteiger partial charge in [-0.15, -0.1) is 0 Å². The molecule has 2 aliphatic rings. The smallest absolute Gasteiger partial charge is 0.276 e. The van der Waals surface area contributed by atoms with Crippen molar-refractivity contribution in [3.8, 4) is 5.75 Å². The van der Waals surface area contributed by atoms with Gasteiger partial charge in [-0.05, 0) is 61.3 Å². The van der Waals surface area contributed by atoms with Gasteiger partial charge in [0, 0.05) is 6.42 Å². The predicted molar refractivity (Wildman–Crippen MR) is 81.7 cm³/mol. The number of rotatable bonds is 5. The summed E-state index contributed by atoms with van der Waals surface area (Å²) < 4.78 is 17.9. The molecular formula is C17H21FN2O3. The van der Waals surface area contributed by atoms with Gasteiger partial charge in [0.2, 0.25) is 5.91 Å². The van der Waals surface area contributed by atoms with Crippen LogP contribution in [0.2, 0.25) is 0 Å². The topological polar surface area (TPSA) is 67.4 Å². The molecule has 2 aliphatic carbocycles. The van der Waals surface area contributed by atoms with E-state index in [1.807, 2.05) is 0 Å². The van der Waals surface area contributed by atoms with Gasteiger partial charge < -0.3 is 4.74 Å². The Balaban J connectivity index is 1.34. The Morgan fingerprint density at radius 3 is 2.48 bits per heavy atom. The van der Waals surface area contributed by atoms with Crippen LogP contribution in [0.15, 0.2) is 24.3 Å². The number of amides is 2. The Kier molecular flexibility index (Phi) is 4.79. The lowest BCUT2D eigenvalue weighted by Gasteiger charge is -2.20. The number of ether oxygens (including phenoxy) is 1. The minimum absolute atomic E-state index is 0.155. The zero-order chi connectivity index (χ0) is 16.2. The third-order valence-electron chi connectivity index (χ3n) is 4.86. The van der Waals surface area contributed by atoms with Crippen LogP contribution < -0.4 is 15.6 Å². The molecule has 3 rings (SSSR count). The van der Waals surface area contributed by atoms with Crippen molar-refractivity contribution in [1.29, 1.82) is 0 Å². The standard InChI is InChI=1S/C17H21FN2O3/c18-14-3-5-15(6-4-14)23-10-17(22)20-19-16(21)9-13-8-11-1-2-12(13)7-11/h3-6,11-13H,1-2,7-10H2,(H,19,21)(H,20,22)/t11-,12+,13-/m0/s1. The van der Waals surface area contributed by atoms with Crippen LogP contribution >= 0.6 is 0 Å². The first-order valence-corrected chi connectivity index (χ1v) is 8.06. The summed E-state index contributed by atoms with van der Waals surface area (Å²) in [6.45, 7) is -0.236. The number of nitrogens with one attached hydrogen (secondary N) is 2. The van der Waals surface area contributed by atoms with E-state index in [1.54, 1.807) is 0 Å². The molecule has 0 spiro atoms. The van der Waals surface area contributed by atoms with E-state index in [-0.39, 0.29) is 18.3 Å². The van der Waals surface area contributed by atoms with Crippen molar-refractivity contribution in [2.75, 3.05) is 6.61 Å². The number of hydrogen-bond donors (Lipinski definition) is 2. The predicted octanol–water partition coefficient (Wildman–Crippen LogP) is 2.18. The van der Waals surface area contributed by atoms with Crippen molar-refractivity contribution >= 4 is 11.8 Å². The average molecular weight is 320 g/mol. The van der Waals surface area contributed by atoms with Crippen LogP contribution in [-0.4, -0.2) is 18.4 Å². The van der Waals surface area contributed by atoms with E-state index in [4.69, 9.17) is 4.74 Å². The maximum absolute atomic E-state index is 12.7. The van der Waals surface area contributed by atoms with Crippen molar-refractivity contribution in [1.82, 2.24) is 10.9 Å². The van der Waals surface area contributed by atoms with E-state index in [2.05, 4.69) is 10.9 Å². The largest absolute Gasteiger partial charge is 0.484 e. The molecule has 0 saturated heterocycles. The summed E-state index contributed by atoms with van der Waals surface area (Å²) in [6.07, 6.45) is 5.41. The lowest BCUT2D eigenvalue weighted by molar-refractivity contribution is -0.130. The van der Waals surface area contributed by atoms with E-state index in [0.717, 1.165) is 12.3 Å². The van der Waals surface area contributed by atoms with Gasteiger partial charge in [0.25, 0.3) is 5.91 Å². The summed E-state index contributed by atoms with van der Waals surface area (Å²) in [4.78, 5) is 23.5. The molecule has 0 aromatic heterocycles. The number of benzene rings is 1. The molecule has 0 unspecified atom stereocenters. The van der Waals surface area contributed by atoms with Crippen LogP contribution in [0.5, 0.6) is 5.75 Å². The van der Waals surface area contributed by atoms with Crippen LogP contribution in [0.4, 0.5) is 4.39 Å². The van der Waals surface area contributed by atoms with Crippen molar-refractivity contribution in [3.63, 3.8) is 0 Å². The second-order valence-electron chi connectivity index (χ2n) is 6.48. The summed E-state index contributed by atoms with van der Waals surface area (Å²) in [5, 5.41) is 0. The fourth-order valence-electron chi connectivity index (χ4n) is 3.77. The Morgan fingerprint density at radius 2 is 1.83 bits per heavy atom. The lowest BCUT2D eigenvalue weighted by Crippen LogP contribution is -2.44. The molecule has 3 atom stereocenters. The second-order valence-corrected chi connectivity index (χ2v) is 6.48. The highest BCUT2D eigenvalue weighted by Crippen LogP contribution is 2.49. The highest BCUT2D eigenvalue weighted by atomic mass is 19.1. The molecule has 23 heavy (non-hydrogen) atoms. The van der Waals surface area contributed by atoms with Gasteiger partial charge in [-0.3, -0.25) is 20.4 Å². The number of hydrogen-bond acceptors (Lipinski definition) is 3. The molecule has 5 nitrogen and oxygen atoms in total. The molecule has 2 bridgehead atoms. The molecule has 0 aliphatic heterocycles. The number of carbonyl (C=O) groups excluding carboxylic acids is 2. The molecular weight excluding hydrogens is 299 g/mol. The number of carbonyl (C=O) groups is 2. The van der Waals surface area contributed by atoms with Crippen molar-refractivity contribution in [2.45, 2.75) is 32.1 Å². The Morgan fingerprint density at radius 1 is 1.09 bits per heavy atom. The third kappa shape index (κ3) is 4.21. The molecule has 1 aromatic carbocycles. The van der Waals surface area contributed by atoms with E-state index in [1.165, 1.54) is 43.5 Å². The van der Waals surface area contributed by atoms with Gasteiger partial charge in [-0.1, -0.05) is 6.42 Å². The maximum Gasteiger partial charge on any atom is 0.276 e. The highest BCUT2D eigenvalue weighted by molar-refractivity contribution is 5.82. The maximum atomic E-state index is 12.7. The summed E-state index contributed by atoms with van der Waals surface area (Å²) in [7, 11) is 0. The fraction of sp³-hybridized carbons (Fsp3) is 0.529. The van der Waals surface area contributed by atoms with Crippen molar-refractivity contribution in [3.05, 3.63) is 30.1 Å². The van der Waals surface area contributed by atoms with Gasteiger partial charge in [0.15, 0.2) is 6.61 Å². The molecule has 1 aromatic rings. The number of halogens is 1. The summed E-state index contributed by atoms with van der Waals surface area (Å²) in [6, 6.07) is 5.39. The monoisotopic (exact) mass is 320 g/mol. The molecule has 0 heterocycles. The average Bonchev–Trinajstić information content (AvgIpc) is 3.15. The minimum atomic E-state index is -0.449. The zero-order valence-corrected chi connectivity index (χ0v) is 12.9. The van der Waals surface area contributed by atoms with Crippen LogP contribution in [0, 0.1) is 23.6 Å². The second kappa shape index (κ2) is 6.98. The summed E-state index contributed by atoms with van der Waals surface area (Å²) in [5.41, 5.74) is 4.78. The zero-order valence-electron chi connectivity index (χ0n) is 12.9. The number of hydrazine groups is 1. The van der Waals surface area contributed by atoms with Crippen molar-refractivity contribution in [2.24, 2.45) is 17.8 Å². The van der Waals surface area contributed by atoms with Crippen LogP contribution in [0.25, 0.3) is 0 Å². The molecule has 2 amide bonds. The normalized spacial score (nSPS) is 25.2. The van der Waals surface area contributed by atoms with Crippen molar-refractivity contribution < 1.29 is 18.7 Å². The summed E-state index contributed by atoms with van der Waals surface area (Å²) in [5.74, 6) is 1.37. The molecule has 6 heteroatoms. The van der Waals surface area contributed by atoms with E-state index < -0.39 is 5.91 Å². The lowest BCUT2D eigenvalue weighted by atomic mass is 9.86. The van der Waals surface area contributed by atoms with Gasteiger partial charge in [-0.2, -0.15) is 0 Å². The third-order valence-corrected chi connectivity index (χ3v) is 4.86.